The fourth-order valence-corrected chi connectivity index (χ4v) is 0.548. The normalized spacial score (nSPS) is 9.20. The zero-order chi connectivity index (χ0) is 7.23. The second-order valence-corrected chi connectivity index (χ2v) is 1.60. The monoisotopic (exact) mass is 135 g/mol. The molecule has 1 aromatic rings. The molecule has 1 aromatic carbocycles. The summed E-state index contributed by atoms with van der Waals surface area (Å²) in [7, 11) is 4.78. The van der Waals surface area contributed by atoms with Crippen molar-refractivity contribution in [3.05, 3.63) is 30.3 Å². The molecule has 0 atom stereocenters. The Morgan fingerprint density at radius 1 is 1.20 bits per heavy atom. The van der Waals surface area contributed by atoms with Crippen LogP contribution in [0.5, 0.6) is 5.75 Å². The predicted octanol–water partition coefficient (Wildman–Crippen LogP) is 0.585. The van der Waals surface area contributed by atoms with Crippen molar-refractivity contribution in [1.82, 2.24) is 5.39 Å². The molecule has 0 aromatic heterocycles. The van der Waals surface area contributed by atoms with Crippen LogP contribution in [0.15, 0.2) is 30.3 Å². The summed E-state index contributed by atoms with van der Waals surface area (Å²) in [5.41, 5.74) is 0. The van der Waals surface area contributed by atoms with Crippen LogP contribution in [0.1, 0.15) is 0 Å². The lowest BCUT2D eigenvalue weighted by Gasteiger charge is -2.00. The van der Waals surface area contributed by atoms with Crippen molar-refractivity contribution in [2.45, 2.75) is 0 Å². The van der Waals surface area contributed by atoms with E-state index < -0.39 is 0 Å². The fraction of sp³-hybridized carbons (Fsp3) is 0. The molecule has 0 aliphatic carbocycles. The zero-order valence-corrected chi connectivity index (χ0v) is 5.28. The van der Waals surface area contributed by atoms with E-state index >= 15 is 0 Å². The van der Waals surface area contributed by atoms with Crippen molar-refractivity contribution in [2.24, 2.45) is 0 Å². The van der Waals surface area contributed by atoms with Gasteiger partial charge in [-0.15, -0.1) is 4.99 Å². The van der Waals surface area contributed by atoms with Crippen LogP contribution in [0.4, 0.5) is 0 Å². The maximum atomic E-state index is 4.78. The molecule has 0 bridgehead atoms. The van der Waals surface area contributed by atoms with Crippen LogP contribution >= 0.6 is 0 Å². The molecule has 4 heteroatoms. The van der Waals surface area contributed by atoms with Gasteiger partial charge in [-0.25, -0.2) is 5.39 Å². The molecule has 1 rings (SSSR count). The van der Waals surface area contributed by atoms with Gasteiger partial charge < -0.3 is 4.89 Å². The van der Waals surface area contributed by atoms with E-state index in [0.717, 1.165) is 0 Å². The third kappa shape index (κ3) is 2.09. The van der Waals surface area contributed by atoms with Crippen LogP contribution in [0, 0.1) is 0 Å². The lowest BCUT2D eigenvalue weighted by Crippen LogP contribution is -2.12. The third-order valence-electron chi connectivity index (χ3n) is 0.929. The fourth-order valence-electron chi connectivity index (χ4n) is 0.548. The molecule has 0 heterocycles. The summed E-state index contributed by atoms with van der Waals surface area (Å²) >= 11 is 0. The molecule has 0 saturated heterocycles. The van der Waals surface area contributed by atoms with Crippen molar-refractivity contribution in [2.75, 3.05) is 0 Å². The molecule has 0 spiro atoms. The molecule has 0 aliphatic heterocycles. The summed E-state index contributed by atoms with van der Waals surface area (Å²) in [6.07, 6.45) is 0. The minimum Gasteiger partial charge on any atom is -0.320 e. The molecular weight excluding hydrogens is 129 g/mol. The maximum Gasteiger partial charge on any atom is 0.224 e. The van der Waals surface area contributed by atoms with Gasteiger partial charge in [0.2, 0.25) is 7.98 Å². The highest BCUT2D eigenvalue weighted by Crippen LogP contribution is 2.07. The molecular formula is C6H6BNO2. The van der Waals surface area contributed by atoms with E-state index in [1.54, 1.807) is 12.1 Å². The largest absolute Gasteiger partial charge is 0.320 e. The van der Waals surface area contributed by atoms with E-state index in [-0.39, 0.29) is 0 Å². The Labute approximate surface area is 60.3 Å². The Kier molecular flexibility index (Phi) is 2.79. The molecule has 0 fully saturated rings. The average molecular weight is 135 g/mol. The van der Waals surface area contributed by atoms with Crippen LogP contribution in [-0.2, 0) is 4.99 Å². The van der Waals surface area contributed by atoms with Crippen molar-refractivity contribution >= 4 is 7.98 Å². The van der Waals surface area contributed by atoms with Gasteiger partial charge in [-0.2, -0.15) is 0 Å². The Balaban J connectivity index is 2.43. The molecule has 3 nitrogen and oxygen atoms in total. The van der Waals surface area contributed by atoms with Gasteiger partial charge in [0.15, 0.2) is 5.75 Å². The van der Waals surface area contributed by atoms with Crippen molar-refractivity contribution in [3.8, 4) is 5.75 Å². The average Bonchev–Trinajstić information content (AvgIpc) is 2.03. The first kappa shape index (κ1) is 7.12. The number of nitrogens with one attached hydrogen (secondary N) is 1. The van der Waals surface area contributed by atoms with Crippen molar-refractivity contribution < 1.29 is 9.88 Å². The lowest BCUT2D eigenvalue weighted by atomic mass is 10.3. The highest BCUT2D eigenvalue weighted by molar-refractivity contribution is 6.03. The Bertz CT molecular complexity index is 180. The molecule has 50 valence electrons. The maximum absolute atomic E-state index is 4.78. The van der Waals surface area contributed by atoms with Crippen molar-refractivity contribution in [3.63, 3.8) is 0 Å². The molecule has 0 saturated carbocycles. The smallest absolute Gasteiger partial charge is 0.224 e. The van der Waals surface area contributed by atoms with E-state index in [9.17, 15) is 0 Å². The van der Waals surface area contributed by atoms with Crippen LogP contribution in [0.3, 0.4) is 0 Å². The summed E-state index contributed by atoms with van der Waals surface area (Å²) in [4.78, 5) is 8.87. The summed E-state index contributed by atoms with van der Waals surface area (Å²) in [6, 6.07) is 9.03. The van der Waals surface area contributed by atoms with Gasteiger partial charge in [0, 0.05) is 0 Å². The number of para-hydroxylation sites is 1. The summed E-state index contributed by atoms with van der Waals surface area (Å²) in [5, 5.41) is 1.89. The number of rotatable bonds is 3. The Morgan fingerprint density at radius 2 is 1.90 bits per heavy atom. The summed E-state index contributed by atoms with van der Waals surface area (Å²) in [5.74, 6) is 0.598. The third-order valence-corrected chi connectivity index (χ3v) is 0.929. The highest BCUT2D eigenvalue weighted by Gasteiger charge is 1.87. The van der Waals surface area contributed by atoms with Crippen LogP contribution in [-0.4, -0.2) is 7.98 Å². The van der Waals surface area contributed by atoms with E-state index in [1.807, 2.05) is 23.6 Å². The molecule has 0 aliphatic rings. The highest BCUT2D eigenvalue weighted by atomic mass is 17.3. The van der Waals surface area contributed by atoms with Gasteiger partial charge in [-0.1, -0.05) is 18.2 Å². The quantitative estimate of drug-likeness (QED) is 0.373. The standard InChI is InChI=1S/C6H6BNO2/c7-8-10-9-6-4-2-1-3-5-6/h1-5,8H. The van der Waals surface area contributed by atoms with E-state index in [1.165, 1.54) is 0 Å². The SMILES string of the molecule is [B]NOOc1ccccc1. The number of hydrogen-bond acceptors (Lipinski definition) is 3. The topological polar surface area (TPSA) is 30.5 Å². The van der Waals surface area contributed by atoms with Gasteiger partial charge in [-0.3, -0.25) is 0 Å². The second-order valence-electron chi connectivity index (χ2n) is 1.60. The minimum absolute atomic E-state index is 0.598. The van der Waals surface area contributed by atoms with Gasteiger partial charge in [0.25, 0.3) is 0 Å². The second kappa shape index (κ2) is 3.92. The van der Waals surface area contributed by atoms with Gasteiger partial charge in [-0.05, 0) is 12.1 Å². The molecule has 0 amide bonds. The molecule has 10 heavy (non-hydrogen) atoms. The van der Waals surface area contributed by atoms with E-state index in [2.05, 4.69) is 9.88 Å². The molecule has 0 unspecified atom stereocenters. The Hall–Kier alpha value is -0.995. The van der Waals surface area contributed by atoms with E-state index in [4.69, 9.17) is 7.98 Å². The first-order valence-electron chi connectivity index (χ1n) is 2.77. The first-order valence-corrected chi connectivity index (χ1v) is 2.77. The molecule has 1 N–H and O–H groups in total. The summed E-state index contributed by atoms with van der Waals surface area (Å²) in [6.45, 7) is 0. The number of benzene rings is 1. The lowest BCUT2D eigenvalue weighted by molar-refractivity contribution is -0.234. The van der Waals surface area contributed by atoms with Crippen molar-refractivity contribution in [1.29, 1.82) is 0 Å². The zero-order valence-electron chi connectivity index (χ0n) is 5.28. The van der Waals surface area contributed by atoms with Crippen LogP contribution < -0.4 is 10.3 Å². The molecule has 2 radical (unpaired) electrons. The predicted molar refractivity (Wildman–Crippen MR) is 37.0 cm³/mol. The first-order chi connectivity index (χ1) is 4.93. The minimum atomic E-state index is 0.598. The van der Waals surface area contributed by atoms with Gasteiger partial charge in [0.05, 0.1) is 0 Å². The van der Waals surface area contributed by atoms with Crippen LogP contribution in [0.25, 0.3) is 0 Å². The van der Waals surface area contributed by atoms with E-state index in [0.29, 0.717) is 5.75 Å². The van der Waals surface area contributed by atoms with Crippen LogP contribution in [0.2, 0.25) is 0 Å². The van der Waals surface area contributed by atoms with Gasteiger partial charge in [0.1, 0.15) is 0 Å². The van der Waals surface area contributed by atoms with Gasteiger partial charge >= 0.3 is 0 Å². The Morgan fingerprint density at radius 3 is 2.50 bits per heavy atom. The summed E-state index contributed by atoms with van der Waals surface area (Å²) < 4.78 is 0. The number of hydrogen-bond donors (Lipinski definition) is 1.